The molecule has 2 aromatic heterocycles. The highest BCUT2D eigenvalue weighted by Gasteiger charge is 2.58. The molecule has 22 heteroatoms. The van der Waals surface area contributed by atoms with Crippen molar-refractivity contribution in [3.8, 4) is 11.8 Å². The van der Waals surface area contributed by atoms with Crippen LogP contribution in [-0.2, 0) is 31.6 Å². The molecular formula is C15H19ClFN4O13P3. The summed E-state index contributed by atoms with van der Waals surface area (Å²) in [7, 11) is -17.1. The van der Waals surface area contributed by atoms with Gasteiger partial charge in [0.05, 0.1) is 6.10 Å². The minimum absolute atomic E-state index is 0.347. The Bertz CT molecular complexity index is 1480. The number of alkyl halides is 1. The standard InChI is InChI=1S/C15H19ClFN4O13P3/c1-3-4-15(16)10(22)9(6(2)32-36(27,28)34-37(29,30)33-35(24,25)26)31-13(15)21-5-7(17)8-11(21)19-14(18)20-12(8)23/h5-6,9-10,13,22H,1-2H3,(H,27,28)(H,29,30)(H2,24,25,26)(H3,18,19,20,23)/t6-,9-,10+,13-,15?/m1/s1. The third-order valence-corrected chi connectivity index (χ3v) is 9.22. The van der Waals surface area contributed by atoms with E-state index in [1.807, 2.05) is 0 Å². The molecule has 7 atom stereocenters. The predicted octanol–water partition coefficient (Wildman–Crippen LogP) is 0.437. The van der Waals surface area contributed by atoms with Crippen molar-refractivity contribution in [2.24, 2.45) is 0 Å². The molecule has 1 aliphatic heterocycles. The molecule has 8 N–H and O–H groups in total. The molecular weight excluding hydrogens is 592 g/mol. The summed E-state index contributed by atoms with van der Waals surface area (Å²) < 4.78 is 67.7. The van der Waals surface area contributed by atoms with Crippen LogP contribution in [0, 0.1) is 17.7 Å². The third-order valence-electron chi connectivity index (χ3n) is 4.79. The number of H-pyrrole nitrogens is 1. The lowest BCUT2D eigenvalue weighted by molar-refractivity contribution is -0.0728. The van der Waals surface area contributed by atoms with Crippen molar-refractivity contribution in [3.05, 3.63) is 22.4 Å². The van der Waals surface area contributed by atoms with Crippen LogP contribution in [-0.4, -0.2) is 62.4 Å². The number of aliphatic hydroxyl groups excluding tert-OH is 1. The van der Waals surface area contributed by atoms with Crippen LogP contribution in [0.3, 0.4) is 0 Å². The molecule has 37 heavy (non-hydrogen) atoms. The maximum atomic E-state index is 14.6. The number of ether oxygens (including phenoxy) is 1. The van der Waals surface area contributed by atoms with E-state index in [9.17, 15) is 37.8 Å². The molecule has 0 amide bonds. The predicted molar refractivity (Wildman–Crippen MR) is 121 cm³/mol. The lowest BCUT2D eigenvalue weighted by Crippen LogP contribution is -2.43. The van der Waals surface area contributed by atoms with Crippen LogP contribution in [0.25, 0.3) is 11.0 Å². The van der Waals surface area contributed by atoms with Gasteiger partial charge in [0.2, 0.25) is 5.95 Å². The lowest BCUT2D eigenvalue weighted by atomic mass is 9.96. The van der Waals surface area contributed by atoms with Gasteiger partial charge in [0.25, 0.3) is 5.56 Å². The fourth-order valence-corrected chi connectivity index (χ4v) is 7.12. The molecule has 1 aliphatic rings. The number of anilines is 1. The number of hydrogen-bond donors (Lipinski definition) is 7. The summed E-state index contributed by atoms with van der Waals surface area (Å²) in [4.78, 5) is 52.4. The Kier molecular flexibility index (Phi) is 8.19. The zero-order chi connectivity index (χ0) is 28.1. The molecule has 1 fully saturated rings. The van der Waals surface area contributed by atoms with Crippen molar-refractivity contribution in [2.75, 3.05) is 5.73 Å². The van der Waals surface area contributed by atoms with Crippen molar-refractivity contribution < 1.29 is 60.6 Å². The number of aromatic amines is 1. The molecule has 0 aromatic carbocycles. The van der Waals surface area contributed by atoms with Crippen LogP contribution in [0.4, 0.5) is 10.3 Å². The Morgan fingerprint density at radius 1 is 1.30 bits per heavy atom. The molecule has 0 saturated carbocycles. The molecule has 0 spiro atoms. The number of nitrogens with zero attached hydrogens (tertiary/aromatic N) is 2. The normalized spacial score (nSPS) is 28.3. The first-order valence-corrected chi connectivity index (χ1v) is 14.5. The average molecular weight is 611 g/mol. The van der Waals surface area contributed by atoms with Crippen molar-refractivity contribution >= 4 is 52.1 Å². The SMILES string of the molecule is CC#CC1(Cl)[C@@H](O)[C@@H]([C@@H](C)OP(=O)(O)OP(=O)(O)OP(=O)(O)O)O[C@H]1n1cc(F)c2c(=O)[nH]c(N)nc21. The maximum Gasteiger partial charge on any atom is 0.490 e. The van der Waals surface area contributed by atoms with Crippen LogP contribution in [0.1, 0.15) is 20.1 Å². The van der Waals surface area contributed by atoms with Gasteiger partial charge in [0.15, 0.2) is 22.6 Å². The van der Waals surface area contributed by atoms with Gasteiger partial charge in [-0.25, -0.2) is 18.1 Å². The summed E-state index contributed by atoms with van der Waals surface area (Å²) in [5, 5.41) is 10.4. The van der Waals surface area contributed by atoms with E-state index in [-0.39, 0.29) is 5.65 Å². The molecule has 2 aromatic rings. The first-order chi connectivity index (χ1) is 16.8. The Morgan fingerprint density at radius 2 is 1.92 bits per heavy atom. The van der Waals surface area contributed by atoms with Gasteiger partial charge in [0, 0.05) is 6.20 Å². The number of phosphoric acid groups is 3. The Balaban J connectivity index is 1.96. The van der Waals surface area contributed by atoms with Crippen LogP contribution in [0.2, 0.25) is 0 Å². The van der Waals surface area contributed by atoms with E-state index in [1.165, 1.54) is 6.92 Å². The zero-order valence-electron chi connectivity index (χ0n) is 18.5. The Labute approximate surface area is 210 Å². The second-order valence-electron chi connectivity index (χ2n) is 7.48. The monoisotopic (exact) mass is 610 g/mol. The Morgan fingerprint density at radius 3 is 2.49 bits per heavy atom. The van der Waals surface area contributed by atoms with Crippen molar-refractivity contribution in [1.82, 2.24) is 14.5 Å². The number of fused-ring (bicyclic) bond motifs is 1. The van der Waals surface area contributed by atoms with Gasteiger partial charge >= 0.3 is 23.5 Å². The minimum Gasteiger partial charge on any atom is -0.387 e. The van der Waals surface area contributed by atoms with E-state index >= 15 is 0 Å². The average Bonchev–Trinajstić information content (AvgIpc) is 3.13. The number of nitrogens with one attached hydrogen (secondary N) is 1. The zero-order valence-corrected chi connectivity index (χ0v) is 21.9. The van der Waals surface area contributed by atoms with Crippen LogP contribution in [0.15, 0.2) is 11.0 Å². The number of phosphoric ester groups is 1. The molecule has 0 bridgehead atoms. The number of aromatic nitrogens is 3. The van der Waals surface area contributed by atoms with Gasteiger partial charge in [-0.3, -0.25) is 18.9 Å². The first-order valence-electron chi connectivity index (χ1n) is 9.64. The van der Waals surface area contributed by atoms with E-state index in [0.717, 1.165) is 17.7 Å². The third kappa shape index (κ3) is 6.32. The summed E-state index contributed by atoms with van der Waals surface area (Å²) in [5.74, 6) is 3.47. The molecule has 0 radical (unpaired) electrons. The number of halogens is 2. The van der Waals surface area contributed by atoms with E-state index in [2.05, 4.69) is 35.0 Å². The topological polar surface area (TPSA) is 266 Å². The molecule has 1 saturated heterocycles. The van der Waals surface area contributed by atoms with Crippen molar-refractivity contribution in [2.45, 2.75) is 43.3 Å². The molecule has 0 aliphatic carbocycles. The number of nitrogens with two attached hydrogens (primary N) is 1. The fraction of sp³-hybridized carbons (Fsp3) is 0.467. The number of hydrogen-bond acceptors (Lipinski definition) is 11. The van der Waals surface area contributed by atoms with Crippen LogP contribution in [0.5, 0.6) is 0 Å². The van der Waals surface area contributed by atoms with E-state index in [0.29, 0.717) is 0 Å². The van der Waals surface area contributed by atoms with Gasteiger partial charge in [0.1, 0.15) is 17.6 Å². The minimum atomic E-state index is -5.82. The second kappa shape index (κ2) is 10.1. The van der Waals surface area contributed by atoms with Crippen LogP contribution < -0.4 is 11.3 Å². The first kappa shape index (κ1) is 29.9. The van der Waals surface area contributed by atoms with E-state index in [4.69, 9.17) is 31.9 Å². The summed E-state index contributed by atoms with van der Waals surface area (Å²) in [6.07, 6.45) is -6.10. The molecule has 3 heterocycles. The van der Waals surface area contributed by atoms with E-state index < -0.39 is 75.6 Å². The number of nitrogen functional groups attached to an aromatic ring is 1. The summed E-state index contributed by atoms with van der Waals surface area (Å²) >= 11 is 6.55. The highest BCUT2D eigenvalue weighted by Crippen LogP contribution is 2.66. The lowest BCUT2D eigenvalue weighted by Gasteiger charge is -2.26. The molecule has 17 nitrogen and oxygen atoms in total. The molecule has 3 rings (SSSR count). The summed E-state index contributed by atoms with van der Waals surface area (Å²) in [5.41, 5.74) is 4.26. The maximum absolute atomic E-state index is 14.6. The summed E-state index contributed by atoms with van der Waals surface area (Å²) in [6.45, 7) is 2.37. The molecule has 3 unspecified atom stereocenters. The Hall–Kier alpha value is -1.67. The number of aliphatic hydroxyl groups is 1. The van der Waals surface area contributed by atoms with Crippen molar-refractivity contribution in [1.29, 1.82) is 0 Å². The highest BCUT2D eigenvalue weighted by molar-refractivity contribution is 7.66. The smallest absolute Gasteiger partial charge is 0.387 e. The van der Waals surface area contributed by atoms with Gasteiger partial charge in [-0.05, 0) is 13.8 Å². The quantitative estimate of drug-likeness (QED) is 0.121. The van der Waals surface area contributed by atoms with Gasteiger partial charge in [-0.15, -0.1) is 5.92 Å². The van der Waals surface area contributed by atoms with Gasteiger partial charge in [-0.1, -0.05) is 17.5 Å². The van der Waals surface area contributed by atoms with Gasteiger partial charge in [-0.2, -0.15) is 13.6 Å². The fourth-order valence-electron chi connectivity index (χ4n) is 3.55. The summed E-state index contributed by atoms with van der Waals surface area (Å²) in [6, 6.07) is 0. The second-order valence-corrected chi connectivity index (χ2v) is 12.5. The van der Waals surface area contributed by atoms with E-state index in [1.54, 1.807) is 0 Å². The number of rotatable bonds is 8. The molecule has 206 valence electrons. The van der Waals surface area contributed by atoms with Crippen LogP contribution >= 0.6 is 35.1 Å². The highest BCUT2D eigenvalue weighted by atomic mass is 35.5. The van der Waals surface area contributed by atoms with Crippen molar-refractivity contribution in [3.63, 3.8) is 0 Å². The van der Waals surface area contributed by atoms with Gasteiger partial charge < -0.3 is 35.2 Å². The largest absolute Gasteiger partial charge is 0.490 e.